The van der Waals surface area contributed by atoms with Crippen molar-refractivity contribution >= 4 is 17.8 Å². The number of fused-ring (bicyclic) bond motifs is 2. The van der Waals surface area contributed by atoms with Crippen molar-refractivity contribution in [3.05, 3.63) is 70.8 Å². The number of hydroxylamine groups is 2. The zero-order chi connectivity index (χ0) is 16.7. The van der Waals surface area contributed by atoms with Crippen LogP contribution in [-0.2, 0) is 20.8 Å². The largest absolute Gasteiger partial charge is 0.366 e. The molecule has 0 aromatic heterocycles. The van der Waals surface area contributed by atoms with Crippen molar-refractivity contribution in [2.24, 2.45) is 0 Å². The molecule has 6 nitrogen and oxygen atoms in total. The number of ether oxygens (including phenoxy) is 1. The molecule has 0 N–H and O–H groups in total. The van der Waals surface area contributed by atoms with E-state index in [2.05, 4.69) is 0 Å². The fraction of sp³-hybridized carbons (Fsp3) is 0.167. The van der Waals surface area contributed by atoms with Gasteiger partial charge in [0.1, 0.15) is 0 Å². The van der Waals surface area contributed by atoms with Gasteiger partial charge in [0, 0.05) is 0 Å². The zero-order valence-corrected chi connectivity index (χ0v) is 12.6. The predicted octanol–water partition coefficient (Wildman–Crippen LogP) is 2.05. The van der Waals surface area contributed by atoms with Crippen molar-refractivity contribution in [3.8, 4) is 0 Å². The number of imide groups is 1. The smallest absolute Gasteiger partial charge is 0.361 e. The molecule has 2 heterocycles. The molecule has 2 amide bonds. The molecule has 0 radical (unpaired) electrons. The number of nitrogens with zero attached hydrogens (tertiary/aromatic N) is 1. The number of carbonyl (C=O) groups excluding carboxylic acids is 3. The Morgan fingerprint density at radius 1 is 1.00 bits per heavy atom. The van der Waals surface area contributed by atoms with Crippen LogP contribution in [0.3, 0.4) is 0 Å². The van der Waals surface area contributed by atoms with Crippen LogP contribution in [0.25, 0.3) is 0 Å². The highest BCUT2D eigenvalue weighted by atomic mass is 16.7. The Balaban J connectivity index is 1.58. The van der Waals surface area contributed by atoms with Gasteiger partial charge in [-0.25, -0.2) is 4.79 Å². The summed E-state index contributed by atoms with van der Waals surface area (Å²) in [5, 5.41) is 0.508. The number of carbonyl (C=O) groups is 3. The van der Waals surface area contributed by atoms with Gasteiger partial charge in [0.25, 0.3) is 11.8 Å². The molecule has 0 bridgehead atoms. The molecule has 0 saturated carbocycles. The molecule has 2 aromatic carbocycles. The predicted molar refractivity (Wildman–Crippen MR) is 81.9 cm³/mol. The molecule has 120 valence electrons. The van der Waals surface area contributed by atoms with Gasteiger partial charge < -0.3 is 9.57 Å². The quantitative estimate of drug-likeness (QED) is 0.791. The number of rotatable bonds is 2. The SMILES string of the molecule is O=C(ON1C(=O)c2ccccc2C1=O)C1OCCc2ccccc21. The van der Waals surface area contributed by atoms with Gasteiger partial charge in [-0.3, -0.25) is 9.59 Å². The molecular formula is C18H13NO5. The summed E-state index contributed by atoms with van der Waals surface area (Å²) >= 11 is 0. The molecule has 1 unspecified atom stereocenters. The van der Waals surface area contributed by atoms with Crippen LogP contribution in [0.5, 0.6) is 0 Å². The van der Waals surface area contributed by atoms with Gasteiger partial charge in [-0.1, -0.05) is 41.5 Å². The van der Waals surface area contributed by atoms with Gasteiger partial charge >= 0.3 is 5.97 Å². The molecule has 1 atom stereocenters. The minimum atomic E-state index is -0.945. The average molecular weight is 323 g/mol. The molecule has 2 aliphatic heterocycles. The van der Waals surface area contributed by atoms with E-state index in [0.29, 0.717) is 23.7 Å². The second-order valence-electron chi connectivity index (χ2n) is 5.56. The molecule has 2 aromatic rings. The van der Waals surface area contributed by atoms with Crippen LogP contribution < -0.4 is 0 Å². The van der Waals surface area contributed by atoms with Crippen molar-refractivity contribution in [2.45, 2.75) is 12.5 Å². The van der Waals surface area contributed by atoms with Gasteiger partial charge in [0.2, 0.25) is 0 Å². The van der Waals surface area contributed by atoms with E-state index < -0.39 is 23.9 Å². The molecule has 6 heteroatoms. The highest BCUT2D eigenvalue weighted by molar-refractivity contribution is 6.20. The number of hydrogen-bond donors (Lipinski definition) is 0. The third kappa shape index (κ3) is 2.19. The minimum Gasteiger partial charge on any atom is -0.361 e. The van der Waals surface area contributed by atoms with Crippen LogP contribution in [0.15, 0.2) is 48.5 Å². The lowest BCUT2D eigenvalue weighted by Gasteiger charge is -2.25. The summed E-state index contributed by atoms with van der Waals surface area (Å²) in [6.45, 7) is 0.374. The van der Waals surface area contributed by atoms with E-state index in [1.165, 1.54) is 12.1 Å². The second kappa shape index (κ2) is 5.58. The Hall–Kier alpha value is -2.99. The van der Waals surface area contributed by atoms with Crippen molar-refractivity contribution in [2.75, 3.05) is 6.61 Å². The monoisotopic (exact) mass is 323 g/mol. The van der Waals surface area contributed by atoms with E-state index in [1.54, 1.807) is 24.3 Å². The molecule has 4 rings (SSSR count). The van der Waals surface area contributed by atoms with Gasteiger partial charge in [0.05, 0.1) is 17.7 Å². The molecule has 2 aliphatic rings. The van der Waals surface area contributed by atoms with E-state index in [1.807, 2.05) is 12.1 Å². The first kappa shape index (κ1) is 14.6. The fourth-order valence-electron chi connectivity index (χ4n) is 2.98. The first-order valence-corrected chi connectivity index (χ1v) is 7.56. The van der Waals surface area contributed by atoms with E-state index in [-0.39, 0.29) is 11.1 Å². The molecular weight excluding hydrogens is 310 g/mol. The zero-order valence-electron chi connectivity index (χ0n) is 12.6. The van der Waals surface area contributed by atoms with E-state index in [4.69, 9.17) is 9.57 Å². The highest BCUT2D eigenvalue weighted by Crippen LogP contribution is 2.30. The first-order valence-electron chi connectivity index (χ1n) is 7.56. The third-order valence-corrected chi connectivity index (χ3v) is 4.15. The summed E-state index contributed by atoms with van der Waals surface area (Å²) in [7, 11) is 0. The summed E-state index contributed by atoms with van der Waals surface area (Å²) < 4.78 is 5.50. The summed E-state index contributed by atoms with van der Waals surface area (Å²) in [6.07, 6.45) is -0.244. The molecule has 0 aliphatic carbocycles. The summed E-state index contributed by atoms with van der Waals surface area (Å²) in [5.41, 5.74) is 2.14. The molecule has 0 fully saturated rings. The Labute approximate surface area is 137 Å². The van der Waals surface area contributed by atoms with Gasteiger partial charge in [-0.2, -0.15) is 0 Å². The summed E-state index contributed by atoms with van der Waals surface area (Å²) in [6, 6.07) is 13.7. The second-order valence-corrected chi connectivity index (χ2v) is 5.56. The van der Waals surface area contributed by atoms with Gasteiger partial charge in [-0.15, -0.1) is 0 Å². The van der Waals surface area contributed by atoms with Crippen molar-refractivity contribution in [1.29, 1.82) is 0 Å². The van der Waals surface area contributed by atoms with Crippen LogP contribution in [0.2, 0.25) is 0 Å². The van der Waals surface area contributed by atoms with E-state index in [9.17, 15) is 14.4 Å². The Morgan fingerprint density at radius 2 is 1.62 bits per heavy atom. The van der Waals surface area contributed by atoms with Gasteiger partial charge in [-0.05, 0) is 29.7 Å². The lowest BCUT2D eigenvalue weighted by molar-refractivity contribution is -0.183. The van der Waals surface area contributed by atoms with Gasteiger partial charge in [0.15, 0.2) is 6.10 Å². The van der Waals surface area contributed by atoms with Crippen LogP contribution in [-0.4, -0.2) is 29.5 Å². The Bertz CT molecular complexity index is 825. The normalized spacial score (nSPS) is 19.0. The van der Waals surface area contributed by atoms with Crippen molar-refractivity contribution in [3.63, 3.8) is 0 Å². The minimum absolute atomic E-state index is 0.222. The third-order valence-electron chi connectivity index (χ3n) is 4.15. The summed E-state index contributed by atoms with van der Waals surface area (Å²) in [5.74, 6) is -2.07. The van der Waals surface area contributed by atoms with Crippen LogP contribution in [0.4, 0.5) is 0 Å². The topological polar surface area (TPSA) is 72.9 Å². The maximum atomic E-state index is 12.5. The Kier molecular flexibility index (Phi) is 3.39. The lowest BCUT2D eigenvalue weighted by Crippen LogP contribution is -2.36. The Morgan fingerprint density at radius 3 is 2.33 bits per heavy atom. The first-order chi connectivity index (χ1) is 11.7. The number of amides is 2. The highest BCUT2D eigenvalue weighted by Gasteiger charge is 2.40. The lowest BCUT2D eigenvalue weighted by atomic mass is 9.98. The van der Waals surface area contributed by atoms with Crippen LogP contribution >= 0.6 is 0 Å². The molecule has 0 spiro atoms. The molecule has 0 saturated heterocycles. The fourth-order valence-corrected chi connectivity index (χ4v) is 2.98. The van der Waals surface area contributed by atoms with Crippen LogP contribution in [0.1, 0.15) is 37.9 Å². The van der Waals surface area contributed by atoms with E-state index >= 15 is 0 Å². The maximum Gasteiger partial charge on any atom is 0.366 e. The van der Waals surface area contributed by atoms with Crippen molar-refractivity contribution in [1.82, 2.24) is 5.06 Å². The summed E-state index contributed by atoms with van der Waals surface area (Å²) in [4.78, 5) is 42.1. The number of hydrogen-bond acceptors (Lipinski definition) is 5. The van der Waals surface area contributed by atoms with Crippen LogP contribution in [0, 0.1) is 0 Å². The van der Waals surface area contributed by atoms with Crippen molar-refractivity contribution < 1.29 is 24.0 Å². The maximum absolute atomic E-state index is 12.5. The number of benzene rings is 2. The standard InChI is InChI=1S/C18H13NO5/c20-16-13-7-3-4-8-14(13)17(21)19(16)24-18(22)15-12-6-2-1-5-11(12)9-10-23-15/h1-8,15H,9-10H2. The van der Waals surface area contributed by atoms with E-state index in [0.717, 1.165) is 5.56 Å². The average Bonchev–Trinajstić information content (AvgIpc) is 2.86. The molecule has 24 heavy (non-hydrogen) atoms.